The van der Waals surface area contributed by atoms with Crippen molar-refractivity contribution in [3.8, 4) is 0 Å². The fourth-order valence-electron chi connectivity index (χ4n) is 2.34. The molecule has 1 aliphatic carbocycles. The van der Waals surface area contributed by atoms with Crippen molar-refractivity contribution in [2.45, 2.75) is 26.4 Å². The van der Waals surface area contributed by atoms with Crippen molar-refractivity contribution in [1.29, 1.82) is 0 Å². The molecule has 1 aromatic carbocycles. The predicted molar refractivity (Wildman–Crippen MR) is 65.0 cm³/mol. The fourth-order valence-corrected chi connectivity index (χ4v) is 2.74. The Hall–Kier alpha value is -1.10. The lowest BCUT2D eigenvalue weighted by molar-refractivity contribution is 0.0391. The number of hydrogen-bond donors (Lipinski definition) is 1. The van der Waals surface area contributed by atoms with E-state index in [-0.39, 0.29) is 11.2 Å². The summed E-state index contributed by atoms with van der Waals surface area (Å²) in [7, 11) is 0. The first kappa shape index (κ1) is 12.4. The molecule has 0 spiro atoms. The Balaban J connectivity index is 2.48. The van der Waals surface area contributed by atoms with Crippen LogP contribution in [0.5, 0.6) is 0 Å². The van der Waals surface area contributed by atoms with E-state index < -0.39 is 12.2 Å². The van der Waals surface area contributed by atoms with Crippen LogP contribution in [-0.2, 0) is 11.2 Å². The minimum absolute atomic E-state index is 0.273. The molecule has 0 heterocycles. The number of hydrogen-bond acceptors (Lipinski definition) is 2. The van der Waals surface area contributed by atoms with Crippen LogP contribution in [-0.4, -0.2) is 6.09 Å². The highest BCUT2D eigenvalue weighted by molar-refractivity contribution is 9.10. The summed E-state index contributed by atoms with van der Waals surface area (Å²) in [5.74, 6) is -0.362. The van der Waals surface area contributed by atoms with Gasteiger partial charge >= 0.3 is 6.09 Å². The largest absolute Gasteiger partial charge is 0.441 e. The summed E-state index contributed by atoms with van der Waals surface area (Å²) in [6, 6.07) is 3.14. The molecule has 0 saturated carbocycles. The quantitative estimate of drug-likeness (QED) is 0.865. The van der Waals surface area contributed by atoms with Crippen LogP contribution in [0.1, 0.15) is 31.1 Å². The molecule has 5 heteroatoms. The number of amides is 1. The maximum atomic E-state index is 13.5. The molecule has 0 fully saturated rings. The molecule has 1 aliphatic rings. The maximum absolute atomic E-state index is 13.5. The third-order valence-corrected chi connectivity index (χ3v) is 3.66. The second-order valence-electron chi connectivity index (χ2n) is 4.95. The standard InChI is InChI=1S/C12H13BrFNO2/c1-12(2)5-6-3-8(13)9(14)4-7(6)10(12)17-11(15)16/h3-4,10H,5H2,1-2H3,(H2,15,16)/t10-/m0/s1. The van der Waals surface area contributed by atoms with Crippen molar-refractivity contribution in [2.24, 2.45) is 11.1 Å². The van der Waals surface area contributed by atoms with Crippen molar-refractivity contribution in [2.75, 3.05) is 0 Å². The van der Waals surface area contributed by atoms with Crippen molar-refractivity contribution < 1.29 is 13.9 Å². The monoisotopic (exact) mass is 301 g/mol. The Labute approximate surface area is 107 Å². The lowest BCUT2D eigenvalue weighted by Crippen LogP contribution is -2.25. The number of primary amides is 1. The van der Waals surface area contributed by atoms with Crippen LogP contribution >= 0.6 is 15.9 Å². The van der Waals surface area contributed by atoms with Gasteiger partial charge in [-0.25, -0.2) is 9.18 Å². The van der Waals surface area contributed by atoms with E-state index in [4.69, 9.17) is 10.5 Å². The molecule has 0 aliphatic heterocycles. The average Bonchev–Trinajstić information content (AvgIpc) is 2.40. The zero-order valence-electron chi connectivity index (χ0n) is 9.59. The van der Waals surface area contributed by atoms with Gasteiger partial charge in [-0.2, -0.15) is 0 Å². The Morgan fingerprint density at radius 2 is 2.24 bits per heavy atom. The molecule has 0 saturated heterocycles. The first-order valence-electron chi connectivity index (χ1n) is 5.25. The van der Waals surface area contributed by atoms with Gasteiger partial charge in [0.15, 0.2) is 0 Å². The van der Waals surface area contributed by atoms with E-state index in [2.05, 4.69) is 15.9 Å². The minimum Gasteiger partial charge on any atom is -0.441 e. The van der Waals surface area contributed by atoms with Gasteiger partial charge in [0.05, 0.1) is 4.47 Å². The Morgan fingerprint density at radius 1 is 1.59 bits per heavy atom. The number of benzene rings is 1. The maximum Gasteiger partial charge on any atom is 0.405 e. The van der Waals surface area contributed by atoms with E-state index in [0.29, 0.717) is 10.0 Å². The molecule has 2 N–H and O–H groups in total. The molecule has 1 amide bonds. The van der Waals surface area contributed by atoms with Crippen LogP contribution in [0.3, 0.4) is 0 Å². The molecule has 0 unspecified atom stereocenters. The molecule has 1 aromatic rings. The van der Waals surface area contributed by atoms with Gasteiger partial charge < -0.3 is 10.5 Å². The van der Waals surface area contributed by atoms with Crippen molar-refractivity contribution in [3.05, 3.63) is 33.5 Å². The number of halogens is 2. The van der Waals surface area contributed by atoms with Crippen molar-refractivity contribution in [1.82, 2.24) is 0 Å². The zero-order chi connectivity index (χ0) is 12.8. The molecular formula is C12H13BrFNO2. The first-order valence-corrected chi connectivity index (χ1v) is 6.04. The summed E-state index contributed by atoms with van der Waals surface area (Å²) in [6.07, 6.45) is -0.601. The minimum atomic E-state index is -0.834. The molecule has 17 heavy (non-hydrogen) atoms. The molecule has 0 bridgehead atoms. The first-order chi connectivity index (χ1) is 7.81. The van der Waals surface area contributed by atoms with Crippen LogP contribution in [0.25, 0.3) is 0 Å². The van der Waals surface area contributed by atoms with E-state index in [0.717, 1.165) is 12.0 Å². The summed E-state index contributed by atoms with van der Waals surface area (Å²) in [5, 5.41) is 0. The summed E-state index contributed by atoms with van der Waals surface area (Å²) in [6.45, 7) is 3.93. The number of nitrogens with two attached hydrogens (primary N) is 1. The van der Waals surface area contributed by atoms with E-state index >= 15 is 0 Å². The SMILES string of the molecule is CC1(C)Cc2cc(Br)c(F)cc2[C@@H]1OC(N)=O. The van der Waals surface area contributed by atoms with Crippen LogP contribution in [0.2, 0.25) is 0 Å². The van der Waals surface area contributed by atoms with E-state index in [1.807, 2.05) is 13.8 Å². The van der Waals surface area contributed by atoms with Crippen molar-refractivity contribution >= 4 is 22.0 Å². The molecular weight excluding hydrogens is 289 g/mol. The van der Waals surface area contributed by atoms with Gasteiger partial charge in [-0.05, 0) is 45.6 Å². The average molecular weight is 302 g/mol. The van der Waals surface area contributed by atoms with Crippen LogP contribution < -0.4 is 5.73 Å². The van der Waals surface area contributed by atoms with Gasteiger partial charge in [0.1, 0.15) is 11.9 Å². The van der Waals surface area contributed by atoms with Gasteiger partial charge in [-0.1, -0.05) is 13.8 Å². The summed E-state index contributed by atoms with van der Waals surface area (Å²) >= 11 is 3.15. The number of ether oxygens (including phenoxy) is 1. The lowest BCUT2D eigenvalue weighted by Gasteiger charge is -2.26. The molecule has 92 valence electrons. The van der Waals surface area contributed by atoms with Gasteiger partial charge in [0.25, 0.3) is 0 Å². The lowest BCUT2D eigenvalue weighted by atomic mass is 9.87. The van der Waals surface area contributed by atoms with Crippen LogP contribution in [0.4, 0.5) is 9.18 Å². The third kappa shape index (κ3) is 2.16. The van der Waals surface area contributed by atoms with Gasteiger partial charge in [-0.15, -0.1) is 0 Å². The molecule has 0 radical (unpaired) electrons. The summed E-state index contributed by atoms with van der Waals surface area (Å²) in [4.78, 5) is 10.9. The number of fused-ring (bicyclic) bond motifs is 1. The smallest absolute Gasteiger partial charge is 0.405 e. The van der Waals surface area contributed by atoms with Crippen LogP contribution in [0.15, 0.2) is 16.6 Å². The Bertz CT molecular complexity index is 488. The van der Waals surface area contributed by atoms with E-state index in [9.17, 15) is 9.18 Å². The van der Waals surface area contributed by atoms with Gasteiger partial charge in [0, 0.05) is 5.41 Å². The number of carbonyl (C=O) groups excluding carboxylic acids is 1. The zero-order valence-corrected chi connectivity index (χ0v) is 11.2. The number of carbonyl (C=O) groups is 1. The van der Waals surface area contributed by atoms with Gasteiger partial charge in [-0.3, -0.25) is 0 Å². The second-order valence-corrected chi connectivity index (χ2v) is 5.80. The van der Waals surface area contributed by atoms with E-state index in [1.54, 1.807) is 6.07 Å². The summed E-state index contributed by atoms with van der Waals surface area (Å²) in [5.41, 5.74) is 6.47. The Kier molecular flexibility index (Phi) is 2.89. The van der Waals surface area contributed by atoms with Gasteiger partial charge in [0.2, 0.25) is 0 Å². The highest BCUT2D eigenvalue weighted by Gasteiger charge is 2.42. The highest BCUT2D eigenvalue weighted by Crippen LogP contribution is 2.48. The second kappa shape index (κ2) is 3.98. The molecule has 3 nitrogen and oxygen atoms in total. The Morgan fingerprint density at radius 3 is 2.82 bits per heavy atom. The predicted octanol–water partition coefficient (Wildman–Crippen LogP) is 3.31. The van der Waals surface area contributed by atoms with E-state index in [1.165, 1.54) is 6.07 Å². The normalized spacial score (nSPS) is 21.1. The van der Waals surface area contributed by atoms with Crippen LogP contribution in [0, 0.1) is 11.2 Å². The number of rotatable bonds is 1. The van der Waals surface area contributed by atoms with Crippen molar-refractivity contribution in [3.63, 3.8) is 0 Å². The fraction of sp³-hybridized carbons (Fsp3) is 0.417. The highest BCUT2D eigenvalue weighted by atomic mass is 79.9. The third-order valence-electron chi connectivity index (χ3n) is 3.05. The summed E-state index contributed by atoms with van der Waals surface area (Å²) < 4.78 is 19.0. The molecule has 2 rings (SSSR count). The molecule has 0 aromatic heterocycles. The molecule has 1 atom stereocenters. The topological polar surface area (TPSA) is 52.3 Å².